The molecule has 1 N–H and O–H groups in total. The predicted molar refractivity (Wildman–Crippen MR) is 108 cm³/mol. The number of amides is 1. The summed E-state index contributed by atoms with van der Waals surface area (Å²) in [6.45, 7) is -0.206. The Morgan fingerprint density at radius 3 is 1.96 bits per heavy atom. The third kappa shape index (κ3) is 5.65. The topological polar surface area (TPSA) is 38.3 Å². The average molecular weight is 399 g/mol. The lowest BCUT2D eigenvalue weighted by Gasteiger charge is -2.19. The van der Waals surface area contributed by atoms with Crippen molar-refractivity contribution in [1.29, 1.82) is 0 Å². The van der Waals surface area contributed by atoms with Crippen molar-refractivity contribution < 1.29 is 18.3 Å². The van der Waals surface area contributed by atoms with Crippen molar-refractivity contribution in [3.63, 3.8) is 0 Å². The molecule has 0 aliphatic carbocycles. The van der Waals surface area contributed by atoms with E-state index in [1.807, 2.05) is 60.7 Å². The molecular weight excluding hydrogens is 380 g/mol. The van der Waals surface area contributed by atoms with Crippen LogP contribution in [0.4, 0.5) is 14.5 Å². The van der Waals surface area contributed by atoms with E-state index >= 15 is 0 Å². The normalized spacial score (nSPS) is 11.0. The fourth-order valence-corrected chi connectivity index (χ4v) is 3.35. The maximum atomic E-state index is 12.7. The second kappa shape index (κ2) is 10.0. The van der Waals surface area contributed by atoms with Gasteiger partial charge in [0.25, 0.3) is 5.76 Å². The van der Waals surface area contributed by atoms with Crippen LogP contribution in [-0.4, -0.2) is 18.3 Å². The van der Waals surface area contributed by atoms with E-state index < -0.39 is 17.8 Å². The molecule has 0 aromatic heterocycles. The Morgan fingerprint density at radius 1 is 0.857 bits per heavy atom. The molecule has 0 saturated carbocycles. The van der Waals surface area contributed by atoms with Crippen LogP contribution < -0.4 is 5.32 Å². The number of rotatable bonds is 8. The van der Waals surface area contributed by atoms with Gasteiger partial charge in [-0.2, -0.15) is 8.78 Å². The largest absolute Gasteiger partial charge is 0.359 e. The highest BCUT2D eigenvalue weighted by atomic mass is 32.2. The molecular formula is C22H19F2NO2S. The third-order valence-corrected chi connectivity index (χ3v) is 4.75. The first kappa shape index (κ1) is 20.0. The Labute approximate surface area is 166 Å². The molecule has 3 rings (SSSR count). The molecule has 0 aliphatic rings. The summed E-state index contributed by atoms with van der Waals surface area (Å²) < 4.78 is 31.3. The minimum absolute atomic E-state index is 0.206. The number of anilines is 1. The lowest BCUT2D eigenvalue weighted by Crippen LogP contribution is -2.21. The summed E-state index contributed by atoms with van der Waals surface area (Å²) in [6.07, 6.45) is -0.404. The van der Waals surface area contributed by atoms with Crippen LogP contribution in [-0.2, 0) is 9.53 Å². The molecule has 3 aromatic rings. The van der Waals surface area contributed by atoms with Gasteiger partial charge < -0.3 is 10.1 Å². The Kier molecular flexibility index (Phi) is 7.17. The Balaban J connectivity index is 1.70. The zero-order valence-corrected chi connectivity index (χ0v) is 15.7. The molecule has 0 spiro atoms. The number of carbonyl (C=O) groups is 1. The second-order valence-corrected chi connectivity index (χ2v) is 6.97. The molecule has 0 fully saturated rings. The minimum atomic E-state index is -2.56. The Bertz CT molecular complexity index is 852. The zero-order valence-electron chi connectivity index (χ0n) is 14.9. The number of alkyl halides is 2. The zero-order chi connectivity index (χ0) is 19.8. The summed E-state index contributed by atoms with van der Waals surface area (Å²) >= 11 is 0.396. The molecule has 3 nitrogen and oxygen atoms in total. The van der Waals surface area contributed by atoms with E-state index in [4.69, 9.17) is 4.74 Å². The fraction of sp³-hybridized carbons (Fsp3) is 0.136. The quantitative estimate of drug-likeness (QED) is 0.491. The first-order chi connectivity index (χ1) is 13.6. The number of benzene rings is 3. The lowest BCUT2D eigenvalue weighted by atomic mass is 10.0. The van der Waals surface area contributed by atoms with Crippen LogP contribution in [0.3, 0.4) is 0 Å². The number of hydrogen-bond donors (Lipinski definition) is 1. The minimum Gasteiger partial charge on any atom is -0.359 e. The fourth-order valence-electron chi connectivity index (χ4n) is 2.75. The van der Waals surface area contributed by atoms with E-state index in [0.29, 0.717) is 22.3 Å². The highest BCUT2D eigenvalue weighted by Gasteiger charge is 2.17. The van der Waals surface area contributed by atoms with E-state index in [9.17, 15) is 13.6 Å². The smallest absolute Gasteiger partial charge is 0.288 e. The monoisotopic (exact) mass is 399 g/mol. The molecule has 0 atom stereocenters. The number of nitrogens with one attached hydrogen (secondary N) is 1. The molecule has 6 heteroatoms. The van der Waals surface area contributed by atoms with Gasteiger partial charge in [0.05, 0.1) is 5.69 Å². The van der Waals surface area contributed by atoms with Crippen LogP contribution >= 0.6 is 11.8 Å². The Morgan fingerprint density at radius 2 is 1.39 bits per heavy atom. The maximum absolute atomic E-state index is 12.7. The number of thioether (sulfide) groups is 1. The number of ether oxygens (including phenoxy) is 1. The van der Waals surface area contributed by atoms with E-state index in [0.717, 1.165) is 11.1 Å². The summed E-state index contributed by atoms with van der Waals surface area (Å²) in [6, 6.07) is 25.7. The van der Waals surface area contributed by atoms with Crippen molar-refractivity contribution in [3.05, 3.63) is 96.1 Å². The molecule has 0 radical (unpaired) electrons. The van der Waals surface area contributed by atoms with Gasteiger partial charge in [-0.05, 0) is 23.3 Å². The SMILES string of the molecule is O=C(COC(c1ccccc1)c1ccccc1)Nc1ccccc1SC(F)F. The van der Waals surface area contributed by atoms with Crippen LogP contribution in [0, 0.1) is 0 Å². The van der Waals surface area contributed by atoms with Crippen LogP contribution in [0.5, 0.6) is 0 Å². The van der Waals surface area contributed by atoms with Gasteiger partial charge in [0.15, 0.2) is 0 Å². The van der Waals surface area contributed by atoms with E-state index in [-0.39, 0.29) is 6.61 Å². The molecule has 1 amide bonds. The van der Waals surface area contributed by atoms with Crippen molar-refractivity contribution >= 4 is 23.4 Å². The molecule has 0 unspecified atom stereocenters. The van der Waals surface area contributed by atoms with Gasteiger partial charge in [-0.25, -0.2) is 0 Å². The Hall–Kier alpha value is -2.70. The number of halogens is 2. The predicted octanol–water partition coefficient (Wildman–Crippen LogP) is 5.75. The molecule has 0 saturated heterocycles. The van der Waals surface area contributed by atoms with Crippen molar-refractivity contribution in [2.24, 2.45) is 0 Å². The van der Waals surface area contributed by atoms with Crippen LogP contribution in [0.1, 0.15) is 17.2 Å². The van der Waals surface area contributed by atoms with Crippen LogP contribution in [0.25, 0.3) is 0 Å². The number of para-hydroxylation sites is 1. The maximum Gasteiger partial charge on any atom is 0.288 e. The van der Waals surface area contributed by atoms with Crippen molar-refractivity contribution in [2.45, 2.75) is 16.8 Å². The van der Waals surface area contributed by atoms with Gasteiger partial charge in [-0.15, -0.1) is 0 Å². The highest BCUT2D eigenvalue weighted by molar-refractivity contribution is 7.99. The second-order valence-electron chi connectivity index (χ2n) is 5.94. The van der Waals surface area contributed by atoms with Crippen molar-refractivity contribution in [2.75, 3.05) is 11.9 Å². The highest BCUT2D eigenvalue weighted by Crippen LogP contribution is 2.32. The van der Waals surface area contributed by atoms with Crippen molar-refractivity contribution in [1.82, 2.24) is 0 Å². The first-order valence-electron chi connectivity index (χ1n) is 8.68. The van der Waals surface area contributed by atoms with Gasteiger partial charge in [0, 0.05) is 4.90 Å². The summed E-state index contributed by atoms with van der Waals surface area (Å²) in [7, 11) is 0. The lowest BCUT2D eigenvalue weighted by molar-refractivity contribution is -0.121. The summed E-state index contributed by atoms with van der Waals surface area (Å²) in [5.74, 6) is -2.96. The molecule has 0 aliphatic heterocycles. The summed E-state index contributed by atoms with van der Waals surface area (Å²) in [5, 5.41) is 2.66. The molecule has 0 heterocycles. The standard InChI is InChI=1S/C22H19F2NO2S/c23-22(24)28-19-14-8-7-13-18(19)25-20(26)15-27-21(16-9-3-1-4-10-16)17-11-5-2-6-12-17/h1-14,21-22H,15H2,(H,25,26). The van der Waals surface area contributed by atoms with Crippen molar-refractivity contribution in [3.8, 4) is 0 Å². The van der Waals surface area contributed by atoms with E-state index in [2.05, 4.69) is 5.32 Å². The molecule has 28 heavy (non-hydrogen) atoms. The summed E-state index contributed by atoms with van der Waals surface area (Å²) in [4.78, 5) is 12.7. The van der Waals surface area contributed by atoms with Gasteiger partial charge in [-0.1, -0.05) is 84.6 Å². The molecule has 0 bridgehead atoms. The van der Waals surface area contributed by atoms with E-state index in [1.165, 1.54) is 0 Å². The molecule has 144 valence electrons. The van der Waals surface area contributed by atoms with Crippen LogP contribution in [0.2, 0.25) is 0 Å². The average Bonchev–Trinajstić information content (AvgIpc) is 2.71. The third-order valence-electron chi connectivity index (χ3n) is 3.96. The van der Waals surface area contributed by atoms with Crippen LogP contribution in [0.15, 0.2) is 89.8 Å². The number of carbonyl (C=O) groups excluding carboxylic acids is 1. The van der Waals surface area contributed by atoms with Gasteiger partial charge in [0.1, 0.15) is 12.7 Å². The van der Waals surface area contributed by atoms with Gasteiger partial charge in [-0.3, -0.25) is 4.79 Å². The molecule has 3 aromatic carbocycles. The van der Waals surface area contributed by atoms with Gasteiger partial charge >= 0.3 is 0 Å². The first-order valence-corrected chi connectivity index (χ1v) is 9.56. The summed E-state index contributed by atoms with van der Waals surface area (Å²) in [5.41, 5.74) is 2.20. The van der Waals surface area contributed by atoms with Gasteiger partial charge in [0.2, 0.25) is 5.91 Å². The van der Waals surface area contributed by atoms with E-state index in [1.54, 1.807) is 24.3 Å². The number of hydrogen-bond acceptors (Lipinski definition) is 3.